The zero-order valence-electron chi connectivity index (χ0n) is 12.2. The van der Waals surface area contributed by atoms with Crippen LogP contribution in [0.2, 0.25) is 0 Å². The number of piperidine rings is 1. The minimum absolute atomic E-state index is 0.111. The van der Waals surface area contributed by atoms with Gasteiger partial charge in [0.15, 0.2) is 0 Å². The van der Waals surface area contributed by atoms with Crippen molar-refractivity contribution in [3.63, 3.8) is 0 Å². The van der Waals surface area contributed by atoms with Gasteiger partial charge in [0.05, 0.1) is 6.10 Å². The molecule has 0 spiro atoms. The van der Waals surface area contributed by atoms with E-state index in [1.165, 1.54) is 5.69 Å². The molecule has 0 aromatic heterocycles. The molecule has 0 amide bonds. The minimum atomic E-state index is 0.111. The smallest absolute Gasteiger partial charge is 0.139 e. The number of hydrogen-bond donors (Lipinski definition) is 0. The quantitative estimate of drug-likeness (QED) is 0.836. The van der Waals surface area contributed by atoms with Crippen LogP contribution >= 0.6 is 0 Å². The van der Waals surface area contributed by atoms with E-state index >= 15 is 0 Å². The molecule has 1 aliphatic rings. The molecule has 1 aromatic carbocycles. The summed E-state index contributed by atoms with van der Waals surface area (Å²) in [5.74, 6) is 1.39. The molecule has 0 N–H and O–H groups in total. The van der Waals surface area contributed by atoms with Crippen LogP contribution in [0.15, 0.2) is 24.3 Å². The summed E-state index contributed by atoms with van der Waals surface area (Å²) >= 11 is 0. The highest BCUT2D eigenvalue weighted by Crippen LogP contribution is 2.28. The first-order chi connectivity index (χ1) is 8.99. The second-order valence-electron chi connectivity index (χ2n) is 5.60. The third-order valence-corrected chi connectivity index (χ3v) is 3.86. The van der Waals surface area contributed by atoms with Crippen molar-refractivity contribution in [1.82, 2.24) is 0 Å². The van der Waals surface area contributed by atoms with E-state index in [4.69, 9.17) is 4.74 Å². The van der Waals surface area contributed by atoms with Gasteiger partial charge in [-0.05, 0) is 45.0 Å². The van der Waals surface area contributed by atoms with Crippen LogP contribution in [-0.2, 0) is 4.79 Å². The minimum Gasteiger partial charge on any atom is -0.491 e. The van der Waals surface area contributed by atoms with E-state index in [-0.39, 0.29) is 18.1 Å². The predicted molar refractivity (Wildman–Crippen MR) is 77.8 cm³/mol. The molecule has 1 saturated heterocycles. The fourth-order valence-electron chi connectivity index (χ4n) is 2.55. The van der Waals surface area contributed by atoms with Crippen molar-refractivity contribution in [3.05, 3.63) is 24.3 Å². The van der Waals surface area contributed by atoms with Crippen LogP contribution in [0.3, 0.4) is 0 Å². The van der Waals surface area contributed by atoms with Crippen LogP contribution < -0.4 is 9.64 Å². The molecule has 0 aliphatic carbocycles. The van der Waals surface area contributed by atoms with Gasteiger partial charge in [-0.3, -0.25) is 4.79 Å². The number of carbonyl (C=O) groups excluding carboxylic acids is 1. The highest BCUT2D eigenvalue weighted by Gasteiger charge is 2.30. The van der Waals surface area contributed by atoms with Gasteiger partial charge in [-0.2, -0.15) is 0 Å². The van der Waals surface area contributed by atoms with E-state index in [1.54, 1.807) is 0 Å². The van der Waals surface area contributed by atoms with Crippen LogP contribution in [0.4, 0.5) is 5.69 Å². The number of rotatable bonds is 3. The summed E-state index contributed by atoms with van der Waals surface area (Å²) in [4.78, 5) is 14.0. The van der Waals surface area contributed by atoms with Crippen molar-refractivity contribution in [2.45, 2.75) is 46.3 Å². The SMILES string of the molecule is CC(C)Oc1ccc(N2CCC(=O)C(C)C2C)cc1. The molecule has 0 saturated carbocycles. The highest BCUT2D eigenvalue weighted by molar-refractivity contribution is 5.84. The van der Waals surface area contributed by atoms with Crippen molar-refractivity contribution in [2.24, 2.45) is 5.92 Å². The van der Waals surface area contributed by atoms with E-state index in [0.29, 0.717) is 12.2 Å². The fourth-order valence-corrected chi connectivity index (χ4v) is 2.55. The number of nitrogens with zero attached hydrogens (tertiary/aromatic N) is 1. The molecule has 2 unspecified atom stereocenters. The van der Waals surface area contributed by atoms with Crippen LogP contribution in [0, 0.1) is 5.92 Å². The number of ketones is 1. The van der Waals surface area contributed by atoms with Gasteiger partial charge in [-0.25, -0.2) is 0 Å². The Hall–Kier alpha value is -1.51. The number of anilines is 1. The van der Waals surface area contributed by atoms with Crippen molar-refractivity contribution >= 4 is 11.5 Å². The van der Waals surface area contributed by atoms with Gasteiger partial charge in [0.25, 0.3) is 0 Å². The Morgan fingerprint density at radius 1 is 1.21 bits per heavy atom. The molecule has 0 bridgehead atoms. The molecule has 104 valence electrons. The Balaban J connectivity index is 2.11. The summed E-state index contributed by atoms with van der Waals surface area (Å²) in [5, 5.41) is 0. The molecule has 3 nitrogen and oxygen atoms in total. The largest absolute Gasteiger partial charge is 0.491 e. The van der Waals surface area contributed by atoms with Gasteiger partial charge in [-0.15, -0.1) is 0 Å². The van der Waals surface area contributed by atoms with Crippen LogP contribution in [0.5, 0.6) is 5.75 Å². The molecular formula is C16H23NO2. The first kappa shape index (κ1) is 13.9. The zero-order valence-corrected chi connectivity index (χ0v) is 12.2. The van der Waals surface area contributed by atoms with Gasteiger partial charge in [0.2, 0.25) is 0 Å². The molecule has 1 heterocycles. The second-order valence-corrected chi connectivity index (χ2v) is 5.60. The van der Waals surface area contributed by atoms with Gasteiger partial charge < -0.3 is 9.64 Å². The average molecular weight is 261 g/mol. The number of Topliss-reactive ketones (excluding diaryl/α,β-unsaturated/α-hetero) is 1. The lowest BCUT2D eigenvalue weighted by molar-refractivity contribution is -0.123. The first-order valence-electron chi connectivity index (χ1n) is 7.05. The molecule has 0 radical (unpaired) electrons. The average Bonchev–Trinajstić information content (AvgIpc) is 2.37. The number of benzene rings is 1. The summed E-state index contributed by atoms with van der Waals surface area (Å²) < 4.78 is 5.65. The van der Waals surface area contributed by atoms with Gasteiger partial charge in [0, 0.05) is 30.6 Å². The topological polar surface area (TPSA) is 29.5 Å². The van der Waals surface area contributed by atoms with E-state index in [9.17, 15) is 4.79 Å². The van der Waals surface area contributed by atoms with Gasteiger partial charge in [0.1, 0.15) is 11.5 Å². The molecule has 1 fully saturated rings. The number of hydrogen-bond acceptors (Lipinski definition) is 3. The summed E-state index contributed by atoms with van der Waals surface area (Å²) in [7, 11) is 0. The van der Waals surface area contributed by atoms with Crippen molar-refractivity contribution in [3.8, 4) is 5.75 Å². The van der Waals surface area contributed by atoms with E-state index < -0.39 is 0 Å². The lowest BCUT2D eigenvalue weighted by Crippen LogP contribution is -2.46. The standard InChI is InChI=1S/C16H23NO2/c1-11(2)19-15-7-5-14(6-8-15)17-10-9-16(18)12(3)13(17)4/h5-8,11-13H,9-10H2,1-4H3. The third kappa shape index (κ3) is 3.09. The Labute approximate surface area is 115 Å². The van der Waals surface area contributed by atoms with Gasteiger partial charge >= 0.3 is 0 Å². The lowest BCUT2D eigenvalue weighted by Gasteiger charge is -2.38. The summed E-state index contributed by atoms with van der Waals surface area (Å²) in [5.41, 5.74) is 1.17. The van der Waals surface area contributed by atoms with Crippen molar-refractivity contribution in [1.29, 1.82) is 0 Å². The van der Waals surface area contributed by atoms with Crippen molar-refractivity contribution in [2.75, 3.05) is 11.4 Å². The van der Waals surface area contributed by atoms with Crippen LogP contribution in [0.25, 0.3) is 0 Å². The summed E-state index contributed by atoms with van der Waals surface area (Å²) in [6, 6.07) is 8.43. The molecule has 1 aromatic rings. The normalized spacial score (nSPS) is 23.8. The van der Waals surface area contributed by atoms with Crippen molar-refractivity contribution < 1.29 is 9.53 Å². The zero-order chi connectivity index (χ0) is 14.0. The van der Waals surface area contributed by atoms with Gasteiger partial charge in [-0.1, -0.05) is 6.92 Å². The van der Waals surface area contributed by atoms with E-state index in [2.05, 4.69) is 24.0 Å². The lowest BCUT2D eigenvalue weighted by atomic mass is 9.90. The Morgan fingerprint density at radius 2 is 1.84 bits per heavy atom. The summed E-state index contributed by atoms with van der Waals surface area (Å²) in [6.07, 6.45) is 0.841. The van der Waals surface area contributed by atoms with E-state index in [1.807, 2.05) is 32.9 Å². The summed E-state index contributed by atoms with van der Waals surface area (Å²) in [6.45, 7) is 9.01. The maximum absolute atomic E-state index is 11.7. The number of carbonyl (C=O) groups is 1. The third-order valence-electron chi connectivity index (χ3n) is 3.86. The number of ether oxygens (including phenoxy) is 1. The molecule has 2 rings (SSSR count). The molecule has 3 heteroatoms. The van der Waals surface area contributed by atoms with E-state index in [0.717, 1.165) is 12.3 Å². The molecule has 1 aliphatic heterocycles. The monoisotopic (exact) mass is 261 g/mol. The fraction of sp³-hybridized carbons (Fsp3) is 0.562. The highest BCUT2D eigenvalue weighted by atomic mass is 16.5. The molecule has 2 atom stereocenters. The second kappa shape index (κ2) is 5.64. The van der Waals surface area contributed by atoms with Crippen LogP contribution in [-0.4, -0.2) is 24.5 Å². The Morgan fingerprint density at radius 3 is 2.42 bits per heavy atom. The molecular weight excluding hydrogens is 238 g/mol. The maximum Gasteiger partial charge on any atom is 0.139 e. The predicted octanol–water partition coefficient (Wildman–Crippen LogP) is 3.28. The molecule has 19 heavy (non-hydrogen) atoms. The van der Waals surface area contributed by atoms with Crippen LogP contribution in [0.1, 0.15) is 34.1 Å². The maximum atomic E-state index is 11.7. The first-order valence-corrected chi connectivity index (χ1v) is 7.05. The Bertz CT molecular complexity index is 439. The Kier molecular flexibility index (Phi) is 4.13.